The molecule has 0 aliphatic heterocycles. The number of ether oxygens (including phenoxy) is 1. The lowest BCUT2D eigenvalue weighted by atomic mass is 10.1. The first-order valence-corrected chi connectivity index (χ1v) is 9.49. The normalized spacial score (nSPS) is 11.7. The molecule has 2 rings (SSSR count). The Morgan fingerprint density at radius 3 is 2.41 bits per heavy atom. The molecule has 0 saturated carbocycles. The van der Waals surface area contributed by atoms with E-state index in [9.17, 15) is 22.4 Å². The number of aromatic nitrogens is 1. The Morgan fingerprint density at radius 1 is 1.26 bits per heavy atom. The number of carbonyl (C=O) groups is 1. The molecule has 0 atom stereocenters. The largest absolute Gasteiger partial charge is 0.483 e. The Labute approximate surface area is 171 Å². The van der Waals surface area contributed by atoms with E-state index in [0.29, 0.717) is 10.3 Å². The average Bonchev–Trinajstić information content (AvgIpc) is 2.77. The van der Waals surface area contributed by atoms with E-state index in [4.69, 9.17) is 39.5 Å². The lowest BCUT2D eigenvalue weighted by molar-refractivity contribution is -0.142. The molecule has 0 unspecified atom stereocenters. The first-order chi connectivity index (χ1) is 12.5. The van der Waals surface area contributed by atoms with Gasteiger partial charge in [-0.2, -0.15) is 13.2 Å². The van der Waals surface area contributed by atoms with Crippen molar-refractivity contribution in [1.82, 2.24) is 4.57 Å². The SMILES string of the molecule is CCSC(=O)COc1cc(-c2c(Cl)c(C(F)(F)F)n(C)c2Cl)c(F)cc1Cl. The lowest BCUT2D eigenvalue weighted by Crippen LogP contribution is -2.11. The average molecular weight is 465 g/mol. The highest BCUT2D eigenvalue weighted by molar-refractivity contribution is 8.13. The highest BCUT2D eigenvalue weighted by Gasteiger charge is 2.40. The van der Waals surface area contributed by atoms with Gasteiger partial charge in [0.2, 0.25) is 5.12 Å². The summed E-state index contributed by atoms with van der Waals surface area (Å²) in [6.07, 6.45) is -4.79. The second-order valence-corrected chi connectivity index (χ2v) is 7.71. The van der Waals surface area contributed by atoms with Crippen molar-refractivity contribution in [2.24, 2.45) is 7.05 Å². The summed E-state index contributed by atoms with van der Waals surface area (Å²) in [6.45, 7) is 1.44. The van der Waals surface area contributed by atoms with Crippen molar-refractivity contribution in [3.05, 3.63) is 38.8 Å². The highest BCUT2D eigenvalue weighted by Crippen LogP contribution is 2.47. The summed E-state index contributed by atoms with van der Waals surface area (Å²) in [5.74, 6) is -0.479. The monoisotopic (exact) mass is 463 g/mol. The summed E-state index contributed by atoms with van der Waals surface area (Å²) in [5.41, 5.74) is -1.89. The van der Waals surface area contributed by atoms with E-state index >= 15 is 0 Å². The molecule has 1 heterocycles. The van der Waals surface area contributed by atoms with E-state index in [1.54, 1.807) is 6.92 Å². The Hall–Kier alpha value is -1.09. The van der Waals surface area contributed by atoms with Crippen LogP contribution in [0.1, 0.15) is 12.6 Å². The number of nitrogens with zero attached hydrogens (tertiary/aromatic N) is 1. The lowest BCUT2D eigenvalue weighted by Gasteiger charge is -2.11. The van der Waals surface area contributed by atoms with E-state index < -0.39 is 27.9 Å². The van der Waals surface area contributed by atoms with Crippen molar-refractivity contribution >= 4 is 51.7 Å². The number of thioether (sulfide) groups is 1. The summed E-state index contributed by atoms with van der Waals surface area (Å²) in [5, 5.41) is -1.59. The van der Waals surface area contributed by atoms with Gasteiger partial charge in [-0.25, -0.2) is 4.39 Å². The Morgan fingerprint density at radius 2 is 1.89 bits per heavy atom. The number of benzene rings is 1. The van der Waals surface area contributed by atoms with Crippen LogP contribution in [0.15, 0.2) is 12.1 Å². The fourth-order valence-electron chi connectivity index (χ4n) is 2.34. The summed E-state index contributed by atoms with van der Waals surface area (Å²) in [7, 11) is 1.06. The van der Waals surface area contributed by atoms with Gasteiger partial charge >= 0.3 is 6.18 Å². The topological polar surface area (TPSA) is 31.2 Å². The zero-order chi connectivity index (χ0) is 20.5. The maximum absolute atomic E-state index is 14.4. The molecule has 1 aromatic carbocycles. The number of hydrogen-bond donors (Lipinski definition) is 0. The molecule has 0 N–H and O–H groups in total. The van der Waals surface area contributed by atoms with Crippen molar-refractivity contribution in [2.75, 3.05) is 12.4 Å². The first-order valence-electron chi connectivity index (χ1n) is 7.37. The van der Waals surface area contributed by atoms with Crippen LogP contribution in [-0.4, -0.2) is 22.0 Å². The second-order valence-electron chi connectivity index (χ2n) is 5.24. The third-order valence-electron chi connectivity index (χ3n) is 3.47. The predicted molar refractivity (Wildman–Crippen MR) is 99.5 cm³/mol. The smallest absolute Gasteiger partial charge is 0.432 e. The molecule has 0 saturated heterocycles. The minimum absolute atomic E-state index is 0.0809. The summed E-state index contributed by atoms with van der Waals surface area (Å²) in [4.78, 5) is 11.6. The minimum atomic E-state index is -4.79. The fraction of sp³-hybridized carbons (Fsp3) is 0.312. The van der Waals surface area contributed by atoms with E-state index in [2.05, 4.69) is 0 Å². The number of halogens is 7. The van der Waals surface area contributed by atoms with Crippen LogP contribution in [0.2, 0.25) is 15.2 Å². The maximum atomic E-state index is 14.4. The van der Waals surface area contributed by atoms with Crippen LogP contribution in [0, 0.1) is 5.82 Å². The molecule has 148 valence electrons. The standard InChI is InChI=1S/C16H12Cl3F4NO2S/c1-3-27-11(25)6-26-10-4-7(9(20)5-8(10)17)12-13(18)14(16(21,22)23)24(2)15(12)19/h4-5H,3,6H2,1-2H3. The molecule has 0 amide bonds. The Bertz CT molecular complexity index is 884. The van der Waals surface area contributed by atoms with Crippen molar-refractivity contribution in [3.63, 3.8) is 0 Å². The van der Waals surface area contributed by atoms with Gasteiger partial charge in [0.1, 0.15) is 22.4 Å². The fourth-order valence-corrected chi connectivity index (χ4v) is 3.76. The molecule has 0 fully saturated rings. The van der Waals surface area contributed by atoms with Crippen LogP contribution in [0.4, 0.5) is 17.6 Å². The molecule has 3 nitrogen and oxygen atoms in total. The molecule has 0 bridgehead atoms. The van der Waals surface area contributed by atoms with Gasteiger partial charge in [-0.15, -0.1) is 0 Å². The van der Waals surface area contributed by atoms with Gasteiger partial charge in [-0.1, -0.05) is 53.5 Å². The van der Waals surface area contributed by atoms with Crippen molar-refractivity contribution in [2.45, 2.75) is 13.1 Å². The van der Waals surface area contributed by atoms with Gasteiger partial charge in [-0.3, -0.25) is 4.79 Å². The molecule has 0 radical (unpaired) electrons. The zero-order valence-electron chi connectivity index (χ0n) is 13.9. The van der Waals surface area contributed by atoms with Crippen LogP contribution in [-0.2, 0) is 18.0 Å². The summed E-state index contributed by atoms with van der Waals surface area (Å²) < 4.78 is 59.9. The second kappa shape index (κ2) is 8.51. The quantitative estimate of drug-likeness (QED) is 0.475. The van der Waals surface area contributed by atoms with Crippen molar-refractivity contribution in [1.29, 1.82) is 0 Å². The van der Waals surface area contributed by atoms with Gasteiger partial charge in [0.25, 0.3) is 0 Å². The third-order valence-corrected chi connectivity index (χ3v) is 5.31. The number of hydrogen-bond acceptors (Lipinski definition) is 3. The van der Waals surface area contributed by atoms with Crippen LogP contribution in [0.3, 0.4) is 0 Å². The summed E-state index contributed by atoms with van der Waals surface area (Å²) in [6, 6.07) is 1.92. The molecule has 11 heteroatoms. The third kappa shape index (κ3) is 4.67. The number of carbonyl (C=O) groups excluding carboxylic acids is 1. The van der Waals surface area contributed by atoms with Crippen LogP contribution in [0.5, 0.6) is 5.75 Å². The van der Waals surface area contributed by atoms with E-state index in [1.807, 2.05) is 0 Å². The molecular weight excluding hydrogens is 453 g/mol. The minimum Gasteiger partial charge on any atom is -0.483 e. The maximum Gasteiger partial charge on any atom is 0.432 e. The Kier molecular flexibility index (Phi) is 7.00. The summed E-state index contributed by atoms with van der Waals surface area (Å²) >= 11 is 18.8. The van der Waals surface area contributed by atoms with E-state index in [1.165, 1.54) is 0 Å². The first kappa shape index (κ1) is 22.2. The van der Waals surface area contributed by atoms with Gasteiger partial charge < -0.3 is 9.30 Å². The van der Waals surface area contributed by atoms with E-state index in [0.717, 1.165) is 30.9 Å². The van der Waals surface area contributed by atoms with Crippen LogP contribution in [0.25, 0.3) is 11.1 Å². The van der Waals surface area contributed by atoms with E-state index in [-0.39, 0.29) is 33.6 Å². The molecule has 0 aliphatic carbocycles. The van der Waals surface area contributed by atoms with Crippen molar-refractivity contribution in [3.8, 4) is 16.9 Å². The molecule has 0 spiro atoms. The van der Waals surface area contributed by atoms with Gasteiger partial charge in [-0.05, 0) is 17.9 Å². The van der Waals surface area contributed by atoms with Gasteiger partial charge in [0.05, 0.1) is 10.0 Å². The zero-order valence-corrected chi connectivity index (χ0v) is 17.0. The van der Waals surface area contributed by atoms with Gasteiger partial charge in [0, 0.05) is 18.2 Å². The molecule has 1 aromatic heterocycles. The number of rotatable bonds is 5. The van der Waals surface area contributed by atoms with Crippen molar-refractivity contribution < 1.29 is 27.1 Å². The number of alkyl halides is 3. The molecule has 0 aliphatic rings. The Balaban J connectivity index is 2.54. The molecule has 27 heavy (non-hydrogen) atoms. The molecular formula is C16H12Cl3F4NO2S. The highest BCUT2D eigenvalue weighted by atomic mass is 35.5. The molecule has 2 aromatic rings. The predicted octanol–water partition coefficient (Wildman–Crippen LogP) is 6.47. The van der Waals surface area contributed by atoms with Gasteiger partial charge in [0.15, 0.2) is 6.61 Å². The van der Waals surface area contributed by atoms with Crippen LogP contribution >= 0.6 is 46.6 Å². The van der Waals surface area contributed by atoms with Crippen LogP contribution < -0.4 is 4.74 Å².